The van der Waals surface area contributed by atoms with Crippen LogP contribution in [0.15, 0.2) is 28.0 Å². The highest BCUT2D eigenvalue weighted by molar-refractivity contribution is 8.00. The molecule has 1 nitrogen and oxygen atoms in total. The molecule has 0 aromatic heterocycles. The second-order valence-electron chi connectivity index (χ2n) is 3.57. The van der Waals surface area contributed by atoms with Crippen LogP contribution >= 0.6 is 24.4 Å². The number of thioether (sulfide) groups is 1. The van der Waals surface area contributed by atoms with Crippen molar-refractivity contribution in [2.45, 2.75) is 34.8 Å². The van der Waals surface area contributed by atoms with Gasteiger partial charge >= 0.3 is 0 Å². The van der Waals surface area contributed by atoms with Crippen molar-refractivity contribution in [3.05, 3.63) is 23.8 Å². The van der Waals surface area contributed by atoms with Crippen LogP contribution < -0.4 is 0 Å². The highest BCUT2D eigenvalue weighted by Crippen LogP contribution is 2.34. The minimum absolute atomic E-state index is 0.257. The van der Waals surface area contributed by atoms with E-state index in [4.69, 9.17) is 0 Å². The first-order valence-corrected chi connectivity index (χ1v) is 6.02. The van der Waals surface area contributed by atoms with Gasteiger partial charge in [-0.15, -0.1) is 24.4 Å². The van der Waals surface area contributed by atoms with Crippen LogP contribution in [0.1, 0.15) is 30.1 Å². The van der Waals surface area contributed by atoms with Crippen molar-refractivity contribution < 1.29 is 4.79 Å². The van der Waals surface area contributed by atoms with Crippen molar-refractivity contribution in [1.82, 2.24) is 0 Å². The van der Waals surface area contributed by atoms with E-state index in [0.717, 1.165) is 21.8 Å². The van der Waals surface area contributed by atoms with Crippen LogP contribution in [0, 0.1) is 0 Å². The van der Waals surface area contributed by atoms with Crippen LogP contribution in [-0.4, -0.2) is 11.0 Å². The van der Waals surface area contributed by atoms with E-state index in [1.165, 1.54) is 0 Å². The van der Waals surface area contributed by atoms with E-state index in [1.807, 2.05) is 18.2 Å². The lowest BCUT2D eigenvalue weighted by Gasteiger charge is -2.07. The van der Waals surface area contributed by atoms with Gasteiger partial charge in [0.15, 0.2) is 5.78 Å². The summed E-state index contributed by atoms with van der Waals surface area (Å²) in [5.74, 6) is 0.257. The van der Waals surface area contributed by atoms with Crippen molar-refractivity contribution in [1.29, 1.82) is 0 Å². The second-order valence-corrected chi connectivity index (χ2v) is 5.57. The van der Waals surface area contributed by atoms with Gasteiger partial charge in [0.2, 0.25) is 0 Å². The summed E-state index contributed by atoms with van der Waals surface area (Å²) in [6, 6.07) is 5.83. The second kappa shape index (κ2) is 3.99. The molecule has 1 heterocycles. The number of thiol groups is 1. The minimum atomic E-state index is 0.257. The Bertz CT molecular complexity index is 374. The van der Waals surface area contributed by atoms with E-state index in [2.05, 4.69) is 19.6 Å². The summed E-state index contributed by atoms with van der Waals surface area (Å²) in [4.78, 5) is 13.7. The monoisotopic (exact) mass is 224 g/mol. The van der Waals surface area contributed by atoms with Gasteiger partial charge < -0.3 is 0 Å². The number of benzene rings is 1. The van der Waals surface area contributed by atoms with Gasteiger partial charge in [-0.2, -0.15) is 0 Å². The molecule has 0 spiro atoms. The first kappa shape index (κ1) is 10.1. The van der Waals surface area contributed by atoms with Crippen molar-refractivity contribution >= 4 is 30.2 Å². The number of ketones is 1. The molecule has 2 rings (SSSR count). The first-order valence-electron chi connectivity index (χ1n) is 4.69. The Morgan fingerprint density at radius 3 is 3.07 bits per heavy atom. The molecule has 0 aliphatic carbocycles. The lowest BCUT2D eigenvalue weighted by Crippen LogP contribution is -1.99. The zero-order valence-corrected chi connectivity index (χ0v) is 9.70. The summed E-state index contributed by atoms with van der Waals surface area (Å²) < 4.78 is 0. The third-order valence-electron chi connectivity index (χ3n) is 2.37. The first-order chi connectivity index (χ1) is 6.66. The lowest BCUT2D eigenvalue weighted by molar-refractivity contribution is 0.0978. The molecule has 0 saturated heterocycles. The maximum atomic E-state index is 11.8. The number of Topliss-reactive ketones (excluding diaryl/α,β-unsaturated/α-hetero) is 1. The molecule has 1 aliphatic heterocycles. The number of hydrogen-bond acceptors (Lipinski definition) is 3. The van der Waals surface area contributed by atoms with Gasteiger partial charge in [0, 0.05) is 27.0 Å². The van der Waals surface area contributed by atoms with Crippen LogP contribution in [0.4, 0.5) is 0 Å². The minimum Gasteiger partial charge on any atom is -0.294 e. The van der Waals surface area contributed by atoms with Crippen LogP contribution in [0.2, 0.25) is 0 Å². The van der Waals surface area contributed by atoms with E-state index >= 15 is 0 Å². The summed E-state index contributed by atoms with van der Waals surface area (Å²) in [5, 5.41) is 0.533. The van der Waals surface area contributed by atoms with Crippen LogP contribution in [-0.2, 0) is 0 Å². The molecule has 0 radical (unpaired) electrons. The Morgan fingerprint density at radius 2 is 2.29 bits per heavy atom. The number of fused-ring (bicyclic) bond motifs is 1. The molecule has 0 N–H and O–H groups in total. The zero-order chi connectivity index (χ0) is 10.1. The molecule has 0 fully saturated rings. The number of carbonyl (C=O) groups is 1. The highest BCUT2D eigenvalue weighted by Gasteiger charge is 2.19. The van der Waals surface area contributed by atoms with Crippen molar-refractivity contribution in [3.63, 3.8) is 0 Å². The van der Waals surface area contributed by atoms with Gasteiger partial charge in [-0.25, -0.2) is 0 Å². The Kier molecular flexibility index (Phi) is 2.88. The van der Waals surface area contributed by atoms with E-state index < -0.39 is 0 Å². The third-order valence-corrected chi connectivity index (χ3v) is 3.90. The summed E-state index contributed by atoms with van der Waals surface area (Å²) in [6.45, 7) is 2.17. The zero-order valence-electron chi connectivity index (χ0n) is 7.99. The molecule has 0 amide bonds. The Hall–Kier alpha value is -0.410. The van der Waals surface area contributed by atoms with Gasteiger partial charge in [0.25, 0.3) is 0 Å². The molecular weight excluding hydrogens is 212 g/mol. The van der Waals surface area contributed by atoms with Crippen molar-refractivity contribution in [2.24, 2.45) is 0 Å². The maximum absolute atomic E-state index is 11.8. The summed E-state index contributed by atoms with van der Waals surface area (Å²) >= 11 is 6.05. The fourth-order valence-electron chi connectivity index (χ4n) is 1.58. The fourth-order valence-corrected chi connectivity index (χ4v) is 2.90. The van der Waals surface area contributed by atoms with Crippen LogP contribution in [0.5, 0.6) is 0 Å². The molecule has 1 aromatic rings. The van der Waals surface area contributed by atoms with Gasteiger partial charge in [-0.05, 0) is 24.6 Å². The standard InChI is InChI=1S/C11H12OS2/c1-7-2-4-10(12)9-6-8(13)3-5-11(9)14-7/h3,5-7,13H,2,4H2,1H3. The average molecular weight is 224 g/mol. The maximum Gasteiger partial charge on any atom is 0.164 e. The fraction of sp³-hybridized carbons (Fsp3) is 0.364. The molecule has 1 aromatic carbocycles. The highest BCUT2D eigenvalue weighted by atomic mass is 32.2. The summed E-state index contributed by atoms with van der Waals surface area (Å²) in [5.41, 5.74) is 0.854. The van der Waals surface area contributed by atoms with Gasteiger partial charge in [0.05, 0.1) is 0 Å². The molecule has 74 valence electrons. The van der Waals surface area contributed by atoms with E-state index in [9.17, 15) is 4.79 Å². The van der Waals surface area contributed by atoms with Crippen molar-refractivity contribution in [3.8, 4) is 0 Å². The molecule has 3 heteroatoms. The van der Waals surface area contributed by atoms with Gasteiger partial charge in [0.1, 0.15) is 0 Å². The summed E-state index contributed by atoms with van der Waals surface area (Å²) in [6.07, 6.45) is 1.64. The summed E-state index contributed by atoms with van der Waals surface area (Å²) in [7, 11) is 0. The van der Waals surface area contributed by atoms with Crippen LogP contribution in [0.3, 0.4) is 0 Å². The average Bonchev–Trinajstić information content (AvgIpc) is 2.29. The van der Waals surface area contributed by atoms with E-state index in [-0.39, 0.29) is 5.78 Å². The predicted molar refractivity (Wildman–Crippen MR) is 62.6 cm³/mol. The van der Waals surface area contributed by atoms with Crippen molar-refractivity contribution in [2.75, 3.05) is 0 Å². The number of hydrogen-bond donors (Lipinski definition) is 1. The molecule has 1 atom stereocenters. The van der Waals surface area contributed by atoms with E-state index in [0.29, 0.717) is 11.7 Å². The normalized spacial score (nSPS) is 21.6. The Labute approximate surface area is 93.7 Å². The van der Waals surface area contributed by atoms with Gasteiger partial charge in [-0.3, -0.25) is 4.79 Å². The molecule has 1 aliphatic rings. The van der Waals surface area contributed by atoms with E-state index in [1.54, 1.807) is 11.8 Å². The van der Waals surface area contributed by atoms with Crippen LogP contribution in [0.25, 0.3) is 0 Å². The Morgan fingerprint density at radius 1 is 1.50 bits per heavy atom. The molecule has 1 unspecified atom stereocenters. The molecular formula is C11H12OS2. The quantitative estimate of drug-likeness (QED) is 0.680. The predicted octanol–water partition coefficient (Wildman–Crippen LogP) is 3.43. The SMILES string of the molecule is CC1CCC(=O)c2cc(S)ccc2S1. The Balaban J connectivity index is 2.47. The molecule has 14 heavy (non-hydrogen) atoms. The topological polar surface area (TPSA) is 17.1 Å². The number of rotatable bonds is 0. The third kappa shape index (κ3) is 1.98. The smallest absolute Gasteiger partial charge is 0.164 e. The lowest BCUT2D eigenvalue weighted by atomic mass is 10.1. The number of carbonyl (C=O) groups excluding carboxylic acids is 1. The largest absolute Gasteiger partial charge is 0.294 e. The molecule has 0 saturated carbocycles. The molecule has 0 bridgehead atoms. The van der Waals surface area contributed by atoms with Gasteiger partial charge in [-0.1, -0.05) is 6.92 Å².